The molecule has 1 N–H and O–H groups in total. The van der Waals surface area contributed by atoms with Crippen molar-refractivity contribution < 1.29 is 13.2 Å². The standard InChI is InChI=1S/C27H24F2N4O3/c1-32-19(12-21-26(32)20-10-15(28)2-8-24(20)36-27(21)35)14-30-17-3-5-18(6-4-17)33-23-11-16(29)13-31-22(23)7-9-25(33)34/h2,7-13,17-18,30H,3-6,14H2,1H3. The van der Waals surface area contributed by atoms with E-state index in [9.17, 15) is 18.4 Å². The van der Waals surface area contributed by atoms with E-state index in [1.807, 2.05) is 11.6 Å². The van der Waals surface area contributed by atoms with Crippen molar-refractivity contribution in [2.45, 2.75) is 44.3 Å². The number of hydrogen-bond acceptors (Lipinski definition) is 5. The van der Waals surface area contributed by atoms with Crippen LogP contribution in [0.15, 0.2) is 62.7 Å². The average Bonchev–Trinajstić information content (AvgIpc) is 3.21. The Morgan fingerprint density at radius 3 is 2.61 bits per heavy atom. The van der Waals surface area contributed by atoms with Crippen LogP contribution in [0, 0.1) is 11.6 Å². The van der Waals surface area contributed by atoms with Crippen molar-refractivity contribution >= 4 is 32.9 Å². The van der Waals surface area contributed by atoms with Crippen LogP contribution in [-0.2, 0) is 13.6 Å². The minimum Gasteiger partial charge on any atom is -0.422 e. The van der Waals surface area contributed by atoms with Crippen LogP contribution < -0.4 is 16.5 Å². The van der Waals surface area contributed by atoms with Crippen LogP contribution in [0.4, 0.5) is 8.78 Å². The maximum Gasteiger partial charge on any atom is 0.345 e. The second kappa shape index (κ2) is 8.67. The number of aromatic nitrogens is 3. The molecule has 7 nitrogen and oxygen atoms in total. The minimum atomic E-state index is -0.461. The number of benzene rings is 1. The Bertz CT molecular complexity index is 1750. The van der Waals surface area contributed by atoms with E-state index in [0.29, 0.717) is 39.5 Å². The number of aryl methyl sites for hydroxylation is 1. The van der Waals surface area contributed by atoms with Gasteiger partial charge in [0, 0.05) is 48.9 Å². The van der Waals surface area contributed by atoms with Gasteiger partial charge in [0.25, 0.3) is 5.56 Å². The van der Waals surface area contributed by atoms with Crippen LogP contribution >= 0.6 is 0 Å². The zero-order valence-corrected chi connectivity index (χ0v) is 19.6. The molecule has 0 unspecified atom stereocenters. The third-order valence-electron chi connectivity index (χ3n) is 7.33. The zero-order chi connectivity index (χ0) is 25.0. The van der Waals surface area contributed by atoms with E-state index in [0.717, 1.165) is 37.6 Å². The molecule has 0 saturated heterocycles. The van der Waals surface area contributed by atoms with Crippen LogP contribution in [-0.4, -0.2) is 20.2 Å². The Balaban J connectivity index is 1.21. The molecule has 0 aliphatic heterocycles. The molecule has 6 rings (SSSR count). The number of rotatable bonds is 4. The molecular formula is C27H24F2N4O3. The smallest absolute Gasteiger partial charge is 0.345 e. The van der Waals surface area contributed by atoms with Crippen molar-refractivity contribution in [3.8, 4) is 0 Å². The second-order valence-electron chi connectivity index (χ2n) is 9.47. The van der Waals surface area contributed by atoms with Crippen LogP contribution in [0.1, 0.15) is 37.4 Å². The van der Waals surface area contributed by atoms with Gasteiger partial charge in [0.05, 0.1) is 28.1 Å². The molecule has 1 aliphatic carbocycles. The Morgan fingerprint density at radius 1 is 1.00 bits per heavy atom. The van der Waals surface area contributed by atoms with Crippen LogP contribution in [0.25, 0.3) is 32.9 Å². The maximum absolute atomic E-state index is 13.9. The molecule has 0 radical (unpaired) electrons. The van der Waals surface area contributed by atoms with Crippen molar-refractivity contribution in [1.82, 2.24) is 19.4 Å². The summed E-state index contributed by atoms with van der Waals surface area (Å²) in [6.45, 7) is 0.528. The summed E-state index contributed by atoms with van der Waals surface area (Å²) >= 11 is 0. The molecule has 0 atom stereocenters. The highest BCUT2D eigenvalue weighted by atomic mass is 19.1. The quantitative estimate of drug-likeness (QED) is 0.374. The number of halogens is 2. The molecule has 4 aromatic heterocycles. The fraction of sp³-hybridized carbons (Fsp3) is 0.296. The van der Waals surface area contributed by atoms with Crippen LogP contribution in [0.5, 0.6) is 0 Å². The van der Waals surface area contributed by atoms with Gasteiger partial charge < -0.3 is 18.9 Å². The lowest BCUT2D eigenvalue weighted by Crippen LogP contribution is -2.36. The predicted molar refractivity (Wildman–Crippen MR) is 133 cm³/mol. The first-order valence-electron chi connectivity index (χ1n) is 12.0. The van der Waals surface area contributed by atoms with Gasteiger partial charge in [-0.25, -0.2) is 13.6 Å². The number of nitrogens with zero attached hydrogens (tertiary/aromatic N) is 3. The third kappa shape index (κ3) is 3.80. The highest BCUT2D eigenvalue weighted by Gasteiger charge is 2.25. The van der Waals surface area contributed by atoms with E-state index in [1.54, 1.807) is 16.7 Å². The number of fused-ring (bicyclic) bond motifs is 4. The first-order valence-corrected chi connectivity index (χ1v) is 12.0. The van der Waals surface area contributed by atoms with Crippen molar-refractivity contribution in [1.29, 1.82) is 0 Å². The summed E-state index contributed by atoms with van der Waals surface area (Å²) in [7, 11) is 1.86. The van der Waals surface area contributed by atoms with Gasteiger partial charge in [-0.3, -0.25) is 9.78 Å². The van der Waals surface area contributed by atoms with Gasteiger partial charge in [0.15, 0.2) is 0 Å². The van der Waals surface area contributed by atoms with E-state index in [1.165, 1.54) is 30.3 Å². The lowest BCUT2D eigenvalue weighted by atomic mass is 9.90. The normalized spacial score (nSPS) is 18.4. The largest absolute Gasteiger partial charge is 0.422 e. The van der Waals surface area contributed by atoms with Gasteiger partial charge in [0.1, 0.15) is 17.2 Å². The van der Waals surface area contributed by atoms with Crippen LogP contribution in [0.2, 0.25) is 0 Å². The summed E-state index contributed by atoms with van der Waals surface area (Å²) in [5.74, 6) is -0.851. The molecule has 1 fully saturated rings. The Labute approximate surface area is 204 Å². The van der Waals surface area contributed by atoms with Gasteiger partial charge in [0.2, 0.25) is 0 Å². The summed E-state index contributed by atoms with van der Waals surface area (Å²) in [4.78, 5) is 29.3. The lowest BCUT2D eigenvalue weighted by molar-refractivity contribution is 0.289. The molecule has 9 heteroatoms. The van der Waals surface area contributed by atoms with Gasteiger partial charge in [-0.2, -0.15) is 0 Å². The number of nitrogens with one attached hydrogen (secondary N) is 1. The summed E-state index contributed by atoms with van der Waals surface area (Å²) in [5, 5.41) is 4.55. The van der Waals surface area contributed by atoms with Crippen molar-refractivity contribution in [2.24, 2.45) is 7.05 Å². The first-order chi connectivity index (χ1) is 17.4. The predicted octanol–water partition coefficient (Wildman–Crippen LogP) is 4.55. The van der Waals surface area contributed by atoms with Gasteiger partial charge in [-0.05, 0) is 56.0 Å². The Kier molecular flexibility index (Phi) is 5.44. The van der Waals surface area contributed by atoms with E-state index >= 15 is 0 Å². The van der Waals surface area contributed by atoms with E-state index in [4.69, 9.17) is 4.42 Å². The minimum absolute atomic E-state index is 0.0219. The van der Waals surface area contributed by atoms with Crippen molar-refractivity contribution in [2.75, 3.05) is 0 Å². The van der Waals surface area contributed by atoms with Crippen molar-refractivity contribution in [3.63, 3.8) is 0 Å². The Morgan fingerprint density at radius 2 is 1.81 bits per heavy atom. The third-order valence-corrected chi connectivity index (χ3v) is 7.33. The molecule has 1 aromatic carbocycles. The van der Waals surface area contributed by atoms with E-state index < -0.39 is 11.4 Å². The molecule has 1 saturated carbocycles. The molecular weight excluding hydrogens is 466 g/mol. The molecule has 0 spiro atoms. The van der Waals surface area contributed by atoms with Crippen molar-refractivity contribution in [3.05, 3.63) is 86.8 Å². The summed E-state index contributed by atoms with van der Waals surface area (Å²) in [6, 6.07) is 10.6. The second-order valence-corrected chi connectivity index (χ2v) is 9.47. The summed E-state index contributed by atoms with van der Waals surface area (Å²) in [6.07, 6.45) is 4.40. The number of pyridine rings is 2. The lowest BCUT2D eigenvalue weighted by Gasteiger charge is -2.31. The Hall–Kier alpha value is -3.85. The van der Waals surface area contributed by atoms with Gasteiger partial charge in [-0.15, -0.1) is 0 Å². The number of hydrogen-bond donors (Lipinski definition) is 1. The monoisotopic (exact) mass is 490 g/mol. The van der Waals surface area contributed by atoms with E-state index in [2.05, 4.69) is 10.3 Å². The highest BCUT2D eigenvalue weighted by Crippen LogP contribution is 2.31. The zero-order valence-electron chi connectivity index (χ0n) is 19.6. The summed E-state index contributed by atoms with van der Waals surface area (Å²) in [5.41, 5.74) is 2.43. The molecule has 0 bridgehead atoms. The highest BCUT2D eigenvalue weighted by molar-refractivity contribution is 6.02. The SMILES string of the molecule is Cn1c(CNC2CCC(n3c(=O)ccc4ncc(F)cc43)CC2)cc2c(=O)oc3ccc(F)cc3c21. The fourth-order valence-corrected chi connectivity index (χ4v) is 5.51. The average molecular weight is 491 g/mol. The van der Waals surface area contributed by atoms with E-state index in [-0.39, 0.29) is 23.5 Å². The molecule has 0 amide bonds. The molecule has 5 aromatic rings. The molecule has 1 aliphatic rings. The van der Waals surface area contributed by atoms with Crippen LogP contribution in [0.3, 0.4) is 0 Å². The topological polar surface area (TPSA) is 82.1 Å². The molecule has 4 heterocycles. The first kappa shape index (κ1) is 22.6. The van der Waals surface area contributed by atoms with Gasteiger partial charge >= 0.3 is 5.63 Å². The fourth-order valence-electron chi connectivity index (χ4n) is 5.51. The summed E-state index contributed by atoms with van der Waals surface area (Å²) < 4.78 is 36.7. The maximum atomic E-state index is 13.9. The van der Waals surface area contributed by atoms with Gasteiger partial charge in [-0.1, -0.05) is 0 Å². The molecule has 36 heavy (non-hydrogen) atoms. The molecule has 184 valence electrons.